The van der Waals surface area contributed by atoms with Crippen molar-refractivity contribution in [1.82, 2.24) is 4.98 Å². The summed E-state index contributed by atoms with van der Waals surface area (Å²) in [6.45, 7) is 0. The minimum absolute atomic E-state index is 0.346. The highest BCUT2D eigenvalue weighted by atomic mass is 79.9. The first-order chi connectivity index (χ1) is 13.4. The standard InChI is InChI=1S/C21H18BrClN2O3/c1-25(15-6-4-14(23)5-7-15)16-8-10-19(24-12-16)20(26)13-3-9-18(22)17(11-13)21(27)28-2/h3-12,20,26H,1-2H3. The molecular formula is C21H18BrClN2O3. The SMILES string of the molecule is COC(=O)c1cc(C(O)c2ccc(N(C)c3ccc(Cl)cc3)cn2)ccc1Br. The van der Waals surface area contributed by atoms with Gasteiger partial charge in [0.25, 0.3) is 0 Å². The molecule has 0 aliphatic heterocycles. The monoisotopic (exact) mass is 460 g/mol. The molecule has 0 aliphatic carbocycles. The van der Waals surface area contributed by atoms with Gasteiger partial charge in [-0.1, -0.05) is 17.7 Å². The molecule has 1 unspecified atom stereocenters. The largest absolute Gasteiger partial charge is 0.465 e. The van der Waals surface area contributed by atoms with Crippen molar-refractivity contribution in [1.29, 1.82) is 0 Å². The third-order valence-corrected chi connectivity index (χ3v) is 5.31. The number of pyridine rings is 1. The Bertz CT molecular complexity index is 978. The Balaban J connectivity index is 1.83. The van der Waals surface area contributed by atoms with Gasteiger partial charge in [-0.15, -0.1) is 0 Å². The van der Waals surface area contributed by atoms with Crippen molar-refractivity contribution in [3.63, 3.8) is 0 Å². The summed E-state index contributed by atoms with van der Waals surface area (Å²) in [5.74, 6) is -0.478. The van der Waals surface area contributed by atoms with Crippen LogP contribution in [0.4, 0.5) is 11.4 Å². The number of anilines is 2. The maximum absolute atomic E-state index is 11.9. The van der Waals surface area contributed by atoms with E-state index in [0.717, 1.165) is 11.4 Å². The lowest BCUT2D eigenvalue weighted by molar-refractivity contribution is 0.0599. The Kier molecular flexibility index (Phi) is 6.34. The van der Waals surface area contributed by atoms with Crippen LogP contribution in [0.3, 0.4) is 0 Å². The van der Waals surface area contributed by atoms with Gasteiger partial charge >= 0.3 is 5.97 Å². The second kappa shape index (κ2) is 8.73. The van der Waals surface area contributed by atoms with Crippen LogP contribution < -0.4 is 4.90 Å². The highest BCUT2D eigenvalue weighted by molar-refractivity contribution is 9.10. The molecule has 28 heavy (non-hydrogen) atoms. The van der Waals surface area contributed by atoms with E-state index >= 15 is 0 Å². The van der Waals surface area contributed by atoms with Crippen molar-refractivity contribution >= 4 is 44.9 Å². The highest BCUT2D eigenvalue weighted by Crippen LogP contribution is 2.28. The molecule has 1 N–H and O–H groups in total. The van der Waals surface area contributed by atoms with Crippen LogP contribution in [0.15, 0.2) is 65.3 Å². The van der Waals surface area contributed by atoms with E-state index in [0.29, 0.717) is 26.3 Å². The molecule has 0 aliphatic rings. The lowest BCUT2D eigenvalue weighted by atomic mass is 10.0. The van der Waals surface area contributed by atoms with Crippen molar-refractivity contribution in [2.24, 2.45) is 0 Å². The van der Waals surface area contributed by atoms with Crippen LogP contribution in [0, 0.1) is 0 Å². The number of aromatic nitrogens is 1. The van der Waals surface area contributed by atoms with Gasteiger partial charge in [0, 0.05) is 22.2 Å². The van der Waals surface area contributed by atoms with Gasteiger partial charge in [-0.25, -0.2) is 4.79 Å². The summed E-state index contributed by atoms with van der Waals surface area (Å²) in [4.78, 5) is 18.2. The summed E-state index contributed by atoms with van der Waals surface area (Å²) in [6, 6.07) is 16.1. The van der Waals surface area contributed by atoms with E-state index < -0.39 is 12.1 Å². The number of nitrogens with zero attached hydrogens (tertiary/aromatic N) is 2. The Morgan fingerprint density at radius 2 is 1.82 bits per heavy atom. The molecule has 0 saturated heterocycles. The minimum Gasteiger partial charge on any atom is -0.465 e. The molecule has 0 fully saturated rings. The molecule has 0 amide bonds. The fraction of sp³-hybridized carbons (Fsp3) is 0.143. The third kappa shape index (κ3) is 4.35. The Labute approximate surface area is 176 Å². The number of esters is 1. The third-order valence-electron chi connectivity index (χ3n) is 4.36. The fourth-order valence-corrected chi connectivity index (χ4v) is 3.26. The molecule has 7 heteroatoms. The average molecular weight is 462 g/mol. The topological polar surface area (TPSA) is 62.7 Å². The van der Waals surface area contributed by atoms with Crippen LogP contribution >= 0.6 is 27.5 Å². The molecule has 0 radical (unpaired) electrons. The molecular weight excluding hydrogens is 444 g/mol. The van der Waals surface area contributed by atoms with E-state index in [1.54, 1.807) is 30.5 Å². The van der Waals surface area contributed by atoms with Crippen molar-refractivity contribution in [2.75, 3.05) is 19.1 Å². The van der Waals surface area contributed by atoms with Gasteiger partial charge < -0.3 is 14.7 Å². The number of rotatable bonds is 5. The number of aliphatic hydroxyl groups is 1. The number of ether oxygens (including phenoxy) is 1. The maximum Gasteiger partial charge on any atom is 0.339 e. The van der Waals surface area contributed by atoms with Gasteiger partial charge in [0.2, 0.25) is 0 Å². The van der Waals surface area contributed by atoms with E-state index in [9.17, 15) is 9.90 Å². The Hall–Kier alpha value is -2.41. The summed E-state index contributed by atoms with van der Waals surface area (Å²) in [5, 5.41) is 11.4. The minimum atomic E-state index is -0.966. The number of hydrogen-bond donors (Lipinski definition) is 1. The van der Waals surface area contributed by atoms with Gasteiger partial charge in [0.15, 0.2) is 0 Å². The molecule has 1 atom stereocenters. The van der Waals surface area contributed by atoms with E-state index in [1.807, 2.05) is 42.3 Å². The number of halogens is 2. The lowest BCUT2D eigenvalue weighted by Crippen LogP contribution is -2.11. The molecule has 0 spiro atoms. The zero-order valence-corrected chi connectivity index (χ0v) is 17.6. The summed E-state index contributed by atoms with van der Waals surface area (Å²) < 4.78 is 5.37. The van der Waals surface area contributed by atoms with E-state index in [4.69, 9.17) is 16.3 Å². The van der Waals surface area contributed by atoms with Crippen molar-refractivity contribution in [3.05, 3.63) is 87.1 Å². The molecule has 1 aromatic heterocycles. The predicted molar refractivity (Wildman–Crippen MR) is 113 cm³/mol. The van der Waals surface area contributed by atoms with Crippen LogP contribution in [0.1, 0.15) is 27.7 Å². The normalized spacial score (nSPS) is 11.8. The second-order valence-electron chi connectivity index (χ2n) is 6.11. The maximum atomic E-state index is 11.9. The summed E-state index contributed by atoms with van der Waals surface area (Å²) in [6.07, 6.45) is 0.721. The number of carbonyl (C=O) groups is 1. The Morgan fingerprint density at radius 3 is 2.43 bits per heavy atom. The first-order valence-electron chi connectivity index (χ1n) is 8.42. The molecule has 0 saturated carbocycles. The van der Waals surface area contributed by atoms with E-state index in [2.05, 4.69) is 20.9 Å². The summed E-state index contributed by atoms with van der Waals surface area (Å²) >= 11 is 9.25. The van der Waals surface area contributed by atoms with Crippen LogP contribution in [0.5, 0.6) is 0 Å². The quantitative estimate of drug-likeness (QED) is 0.534. The highest BCUT2D eigenvalue weighted by Gasteiger charge is 2.17. The molecule has 2 aromatic carbocycles. The van der Waals surface area contributed by atoms with Crippen LogP contribution in [0.25, 0.3) is 0 Å². The first-order valence-corrected chi connectivity index (χ1v) is 9.59. The van der Waals surface area contributed by atoms with Crippen LogP contribution in [0.2, 0.25) is 5.02 Å². The van der Waals surface area contributed by atoms with Crippen LogP contribution in [-0.4, -0.2) is 30.2 Å². The van der Waals surface area contributed by atoms with Gasteiger partial charge in [0.05, 0.1) is 30.3 Å². The average Bonchev–Trinajstić information content (AvgIpc) is 2.73. The number of benzene rings is 2. The van der Waals surface area contributed by atoms with Crippen molar-refractivity contribution in [2.45, 2.75) is 6.10 Å². The van der Waals surface area contributed by atoms with Crippen LogP contribution in [-0.2, 0) is 4.74 Å². The van der Waals surface area contributed by atoms with Gasteiger partial charge in [0.1, 0.15) is 6.10 Å². The number of aliphatic hydroxyl groups excluding tert-OH is 1. The molecule has 3 aromatic rings. The second-order valence-corrected chi connectivity index (χ2v) is 7.40. The predicted octanol–water partition coefficient (Wildman–Crippen LogP) is 5.13. The number of hydrogen-bond acceptors (Lipinski definition) is 5. The zero-order valence-electron chi connectivity index (χ0n) is 15.3. The molecule has 5 nitrogen and oxygen atoms in total. The molecule has 1 heterocycles. The van der Waals surface area contributed by atoms with Crippen molar-refractivity contribution < 1.29 is 14.6 Å². The van der Waals surface area contributed by atoms with Crippen molar-refractivity contribution in [3.8, 4) is 0 Å². The molecule has 0 bridgehead atoms. The fourth-order valence-electron chi connectivity index (χ4n) is 2.72. The van der Waals surface area contributed by atoms with Gasteiger partial charge in [-0.2, -0.15) is 0 Å². The first kappa shape index (κ1) is 20.3. The summed E-state index contributed by atoms with van der Waals surface area (Å²) in [5.41, 5.74) is 3.21. The summed E-state index contributed by atoms with van der Waals surface area (Å²) in [7, 11) is 3.24. The number of methoxy groups -OCH3 is 1. The smallest absolute Gasteiger partial charge is 0.339 e. The molecule has 144 valence electrons. The van der Waals surface area contributed by atoms with Gasteiger partial charge in [-0.3, -0.25) is 4.98 Å². The molecule has 3 rings (SSSR count). The lowest BCUT2D eigenvalue weighted by Gasteiger charge is -2.20. The van der Waals surface area contributed by atoms with E-state index in [1.165, 1.54) is 7.11 Å². The van der Waals surface area contributed by atoms with Gasteiger partial charge in [-0.05, 0) is 70.0 Å². The van der Waals surface area contributed by atoms with E-state index in [-0.39, 0.29) is 0 Å². The zero-order chi connectivity index (χ0) is 20.3. The Morgan fingerprint density at radius 1 is 1.14 bits per heavy atom. The number of carbonyl (C=O) groups excluding carboxylic acids is 1.